The number of carbonyl (C=O) groups excluding carboxylic acids is 1. The van der Waals surface area contributed by atoms with Gasteiger partial charge >= 0.3 is 0 Å². The van der Waals surface area contributed by atoms with Gasteiger partial charge in [0, 0.05) is 24.4 Å². The van der Waals surface area contributed by atoms with Gasteiger partial charge in [-0.1, -0.05) is 6.07 Å². The van der Waals surface area contributed by atoms with Gasteiger partial charge in [-0.3, -0.25) is 4.79 Å². The third-order valence-corrected chi connectivity index (χ3v) is 3.47. The molecule has 0 N–H and O–H groups in total. The predicted molar refractivity (Wildman–Crippen MR) is 60.0 cm³/mol. The van der Waals surface area contributed by atoms with Gasteiger partial charge in [-0.25, -0.2) is 0 Å². The Hall–Kier alpha value is -0.870. The maximum absolute atomic E-state index is 11.8. The molecule has 4 heteroatoms. The van der Waals surface area contributed by atoms with Crippen molar-refractivity contribution in [3.8, 4) is 0 Å². The smallest absolute Gasteiger partial charge is 0.223 e. The molecule has 1 aliphatic heterocycles. The molecule has 0 unspecified atom stereocenters. The van der Waals surface area contributed by atoms with Gasteiger partial charge in [-0.05, 0) is 17.9 Å². The second kappa shape index (κ2) is 5.28. The van der Waals surface area contributed by atoms with Gasteiger partial charge in [-0.2, -0.15) is 0 Å². The van der Waals surface area contributed by atoms with Crippen LogP contribution < -0.4 is 0 Å². The second-order valence-corrected chi connectivity index (χ2v) is 4.60. The van der Waals surface area contributed by atoms with Crippen LogP contribution in [0.5, 0.6) is 0 Å². The van der Waals surface area contributed by atoms with Crippen molar-refractivity contribution in [1.29, 1.82) is 0 Å². The average molecular weight is 225 g/mol. The van der Waals surface area contributed by atoms with E-state index < -0.39 is 0 Å². The Morgan fingerprint density at radius 3 is 2.93 bits per heavy atom. The standard InChI is InChI=1S/C11H15NO2S/c13-11(12-5-7-14-8-6-12)4-3-10-2-1-9-15-10/h1-2,9H,3-8H2. The molecule has 3 nitrogen and oxygen atoms in total. The van der Waals surface area contributed by atoms with Crippen molar-refractivity contribution in [2.75, 3.05) is 26.3 Å². The molecular formula is C11H15NO2S. The Labute approximate surface area is 93.7 Å². The molecule has 0 atom stereocenters. The van der Waals surface area contributed by atoms with Crippen molar-refractivity contribution < 1.29 is 9.53 Å². The van der Waals surface area contributed by atoms with Gasteiger partial charge in [0.05, 0.1) is 13.2 Å². The van der Waals surface area contributed by atoms with E-state index in [1.165, 1.54) is 4.88 Å². The Morgan fingerprint density at radius 1 is 1.47 bits per heavy atom. The summed E-state index contributed by atoms with van der Waals surface area (Å²) in [7, 11) is 0. The summed E-state index contributed by atoms with van der Waals surface area (Å²) in [6, 6.07) is 4.11. The maximum atomic E-state index is 11.8. The van der Waals surface area contributed by atoms with E-state index >= 15 is 0 Å². The molecule has 1 aromatic heterocycles. The average Bonchev–Trinajstić information content (AvgIpc) is 2.80. The SMILES string of the molecule is O=C(CCc1cccs1)N1CCOCC1. The van der Waals surface area contributed by atoms with E-state index in [-0.39, 0.29) is 5.91 Å². The lowest BCUT2D eigenvalue weighted by Gasteiger charge is -2.26. The van der Waals surface area contributed by atoms with Crippen LogP contribution in [0.15, 0.2) is 17.5 Å². The number of thiophene rings is 1. The molecule has 0 saturated carbocycles. The molecule has 82 valence electrons. The van der Waals surface area contributed by atoms with Crippen LogP contribution in [0.4, 0.5) is 0 Å². The Balaban J connectivity index is 1.76. The van der Waals surface area contributed by atoms with Gasteiger partial charge in [0.2, 0.25) is 5.91 Å². The van der Waals surface area contributed by atoms with Gasteiger partial charge < -0.3 is 9.64 Å². The number of hydrogen-bond donors (Lipinski definition) is 0. The van der Waals surface area contributed by atoms with Crippen LogP contribution in [-0.2, 0) is 16.0 Å². The van der Waals surface area contributed by atoms with Crippen molar-refractivity contribution in [2.24, 2.45) is 0 Å². The molecule has 2 heterocycles. The van der Waals surface area contributed by atoms with E-state index in [2.05, 4.69) is 11.4 Å². The van der Waals surface area contributed by atoms with E-state index in [9.17, 15) is 4.79 Å². The zero-order chi connectivity index (χ0) is 10.5. The molecule has 0 spiro atoms. The Morgan fingerprint density at radius 2 is 2.27 bits per heavy atom. The lowest BCUT2D eigenvalue weighted by atomic mass is 10.2. The summed E-state index contributed by atoms with van der Waals surface area (Å²) in [5.41, 5.74) is 0. The molecule has 0 aromatic carbocycles. The molecule has 0 radical (unpaired) electrons. The molecule has 1 amide bonds. The van der Waals surface area contributed by atoms with Crippen molar-refractivity contribution in [3.05, 3.63) is 22.4 Å². The summed E-state index contributed by atoms with van der Waals surface area (Å²) in [6.07, 6.45) is 1.49. The zero-order valence-corrected chi connectivity index (χ0v) is 9.46. The first-order valence-corrected chi connectivity index (χ1v) is 6.12. The van der Waals surface area contributed by atoms with Gasteiger partial charge in [-0.15, -0.1) is 11.3 Å². The van der Waals surface area contributed by atoms with Crippen LogP contribution in [-0.4, -0.2) is 37.1 Å². The van der Waals surface area contributed by atoms with Crippen LogP contribution in [0.2, 0.25) is 0 Å². The maximum Gasteiger partial charge on any atom is 0.223 e. The highest BCUT2D eigenvalue weighted by Gasteiger charge is 2.16. The van der Waals surface area contributed by atoms with E-state index in [1.807, 2.05) is 11.0 Å². The minimum atomic E-state index is 0.256. The van der Waals surface area contributed by atoms with Crippen molar-refractivity contribution >= 4 is 17.2 Å². The van der Waals surface area contributed by atoms with Crippen LogP contribution in [0, 0.1) is 0 Å². The van der Waals surface area contributed by atoms with Crippen molar-refractivity contribution in [2.45, 2.75) is 12.8 Å². The quantitative estimate of drug-likeness (QED) is 0.781. The van der Waals surface area contributed by atoms with E-state index in [0.29, 0.717) is 19.6 Å². The van der Waals surface area contributed by atoms with E-state index in [1.54, 1.807) is 11.3 Å². The van der Waals surface area contributed by atoms with Gasteiger partial charge in [0.1, 0.15) is 0 Å². The summed E-state index contributed by atoms with van der Waals surface area (Å²) in [5, 5.41) is 2.05. The lowest BCUT2D eigenvalue weighted by Crippen LogP contribution is -2.40. The summed E-state index contributed by atoms with van der Waals surface area (Å²) in [5.74, 6) is 0.256. The minimum absolute atomic E-state index is 0.256. The number of carbonyl (C=O) groups is 1. The normalized spacial score (nSPS) is 16.7. The van der Waals surface area contributed by atoms with Crippen LogP contribution in [0.1, 0.15) is 11.3 Å². The largest absolute Gasteiger partial charge is 0.378 e. The summed E-state index contributed by atoms with van der Waals surface area (Å²) in [6.45, 7) is 2.88. The number of ether oxygens (including phenoxy) is 1. The summed E-state index contributed by atoms with van der Waals surface area (Å²) < 4.78 is 5.21. The third-order valence-electron chi connectivity index (χ3n) is 2.53. The van der Waals surface area contributed by atoms with E-state index in [0.717, 1.165) is 19.5 Å². The molecular weight excluding hydrogens is 210 g/mol. The van der Waals surface area contributed by atoms with Crippen molar-refractivity contribution in [3.63, 3.8) is 0 Å². The first-order valence-electron chi connectivity index (χ1n) is 5.24. The van der Waals surface area contributed by atoms with Gasteiger partial charge in [0.25, 0.3) is 0 Å². The highest BCUT2D eigenvalue weighted by molar-refractivity contribution is 7.09. The Bertz CT molecular complexity index is 304. The highest BCUT2D eigenvalue weighted by atomic mass is 32.1. The molecule has 1 saturated heterocycles. The first-order chi connectivity index (χ1) is 7.36. The molecule has 1 aromatic rings. The molecule has 2 rings (SSSR count). The fourth-order valence-electron chi connectivity index (χ4n) is 1.66. The van der Waals surface area contributed by atoms with Gasteiger partial charge in [0.15, 0.2) is 0 Å². The third kappa shape index (κ3) is 3.04. The van der Waals surface area contributed by atoms with Crippen LogP contribution in [0.3, 0.4) is 0 Å². The molecule has 0 aliphatic carbocycles. The first kappa shape index (κ1) is 10.6. The minimum Gasteiger partial charge on any atom is -0.378 e. The van der Waals surface area contributed by atoms with Crippen LogP contribution >= 0.6 is 11.3 Å². The van der Waals surface area contributed by atoms with Crippen LogP contribution in [0.25, 0.3) is 0 Å². The predicted octanol–water partition coefficient (Wildman–Crippen LogP) is 1.54. The number of amides is 1. The fraction of sp³-hybridized carbons (Fsp3) is 0.545. The number of hydrogen-bond acceptors (Lipinski definition) is 3. The zero-order valence-electron chi connectivity index (χ0n) is 8.65. The molecule has 0 bridgehead atoms. The number of aryl methyl sites for hydroxylation is 1. The van der Waals surface area contributed by atoms with Crippen molar-refractivity contribution in [1.82, 2.24) is 4.90 Å². The molecule has 1 aliphatic rings. The summed E-state index contributed by atoms with van der Waals surface area (Å²) in [4.78, 5) is 15.0. The Kier molecular flexibility index (Phi) is 3.75. The topological polar surface area (TPSA) is 29.5 Å². The fourth-order valence-corrected chi connectivity index (χ4v) is 2.36. The monoisotopic (exact) mass is 225 g/mol. The highest BCUT2D eigenvalue weighted by Crippen LogP contribution is 2.12. The second-order valence-electron chi connectivity index (χ2n) is 3.57. The van der Waals surface area contributed by atoms with E-state index in [4.69, 9.17) is 4.74 Å². The molecule has 15 heavy (non-hydrogen) atoms. The number of morpholine rings is 1. The summed E-state index contributed by atoms with van der Waals surface area (Å²) >= 11 is 1.72. The lowest BCUT2D eigenvalue weighted by molar-refractivity contribution is -0.135. The number of nitrogens with zero attached hydrogens (tertiary/aromatic N) is 1. The number of rotatable bonds is 3. The molecule has 1 fully saturated rings.